The summed E-state index contributed by atoms with van der Waals surface area (Å²) in [4.78, 5) is 4.46. The van der Waals surface area contributed by atoms with E-state index in [1.54, 1.807) is 14.2 Å². The van der Waals surface area contributed by atoms with Crippen molar-refractivity contribution in [2.24, 2.45) is 5.73 Å². The average molecular weight is 262 g/mol. The maximum absolute atomic E-state index is 5.66. The van der Waals surface area contributed by atoms with E-state index in [0.29, 0.717) is 30.4 Å². The molecule has 0 fully saturated rings. The molecule has 0 radical (unpaired) electrons. The van der Waals surface area contributed by atoms with Crippen molar-refractivity contribution in [3.8, 4) is 23.0 Å². The lowest BCUT2D eigenvalue weighted by atomic mass is 10.2. The molecule has 5 heteroatoms. The molecule has 0 saturated heterocycles. The number of hydrogen-bond acceptors (Lipinski definition) is 5. The second-order valence-electron chi connectivity index (χ2n) is 4.13. The van der Waals surface area contributed by atoms with Crippen molar-refractivity contribution in [2.75, 3.05) is 20.8 Å². The lowest BCUT2D eigenvalue weighted by Gasteiger charge is -2.07. The molecule has 1 aromatic heterocycles. The van der Waals surface area contributed by atoms with Crippen molar-refractivity contribution in [2.45, 2.75) is 13.3 Å². The Bertz CT molecular complexity index is 564. The molecule has 0 aliphatic rings. The average Bonchev–Trinajstić information content (AvgIpc) is 2.80. The summed E-state index contributed by atoms with van der Waals surface area (Å²) in [5.74, 6) is 2.70. The maximum Gasteiger partial charge on any atom is 0.226 e. The second-order valence-corrected chi connectivity index (χ2v) is 4.13. The smallest absolute Gasteiger partial charge is 0.226 e. The van der Waals surface area contributed by atoms with Gasteiger partial charge >= 0.3 is 0 Å². The maximum atomic E-state index is 5.66. The summed E-state index contributed by atoms with van der Waals surface area (Å²) in [5.41, 5.74) is 7.29. The van der Waals surface area contributed by atoms with Gasteiger partial charge in [0.05, 0.1) is 19.9 Å². The van der Waals surface area contributed by atoms with Gasteiger partial charge in [0.25, 0.3) is 0 Å². The van der Waals surface area contributed by atoms with Gasteiger partial charge in [-0.2, -0.15) is 0 Å². The zero-order chi connectivity index (χ0) is 13.8. The van der Waals surface area contributed by atoms with Gasteiger partial charge in [-0.15, -0.1) is 0 Å². The third-order valence-electron chi connectivity index (χ3n) is 2.90. The van der Waals surface area contributed by atoms with E-state index in [1.807, 2.05) is 25.1 Å². The first-order valence-corrected chi connectivity index (χ1v) is 6.08. The molecule has 2 rings (SSSR count). The molecule has 2 aromatic rings. The van der Waals surface area contributed by atoms with Crippen LogP contribution in [0.4, 0.5) is 0 Å². The zero-order valence-electron chi connectivity index (χ0n) is 11.4. The first-order valence-electron chi connectivity index (χ1n) is 6.08. The molecule has 1 heterocycles. The fourth-order valence-electron chi connectivity index (χ4n) is 1.89. The highest BCUT2D eigenvalue weighted by Crippen LogP contribution is 2.32. The molecule has 1 aromatic carbocycles. The number of nitrogens with two attached hydrogens (primary N) is 1. The lowest BCUT2D eigenvalue weighted by Crippen LogP contribution is -2.03. The summed E-state index contributed by atoms with van der Waals surface area (Å²) >= 11 is 0. The number of rotatable bonds is 5. The van der Waals surface area contributed by atoms with Crippen LogP contribution in [0.1, 0.15) is 11.5 Å². The van der Waals surface area contributed by atoms with Crippen LogP contribution in [0.5, 0.6) is 11.5 Å². The zero-order valence-corrected chi connectivity index (χ0v) is 11.4. The van der Waals surface area contributed by atoms with E-state index in [9.17, 15) is 0 Å². The largest absolute Gasteiger partial charge is 0.493 e. The molecular weight excluding hydrogens is 244 g/mol. The van der Waals surface area contributed by atoms with Crippen LogP contribution >= 0.6 is 0 Å². The van der Waals surface area contributed by atoms with Gasteiger partial charge in [-0.05, 0) is 31.7 Å². The molecule has 0 atom stereocenters. The lowest BCUT2D eigenvalue weighted by molar-refractivity contribution is 0.355. The number of aromatic nitrogens is 1. The van der Waals surface area contributed by atoms with Crippen molar-refractivity contribution in [3.63, 3.8) is 0 Å². The van der Waals surface area contributed by atoms with Crippen molar-refractivity contribution in [1.82, 2.24) is 4.98 Å². The Morgan fingerprint density at radius 3 is 2.58 bits per heavy atom. The molecule has 5 nitrogen and oxygen atoms in total. The summed E-state index contributed by atoms with van der Waals surface area (Å²) in [7, 11) is 3.20. The SMILES string of the molecule is COc1ccc(-c2nc(CCN)c(C)o2)cc1OC. The summed E-state index contributed by atoms with van der Waals surface area (Å²) in [6, 6.07) is 5.56. The highest BCUT2D eigenvalue weighted by atomic mass is 16.5. The molecule has 0 amide bonds. The van der Waals surface area contributed by atoms with Crippen LogP contribution in [-0.4, -0.2) is 25.7 Å². The van der Waals surface area contributed by atoms with Crippen LogP contribution < -0.4 is 15.2 Å². The van der Waals surface area contributed by atoms with Gasteiger partial charge in [0.1, 0.15) is 5.76 Å². The third-order valence-corrected chi connectivity index (χ3v) is 2.90. The molecule has 0 aliphatic heterocycles. The molecule has 0 unspecified atom stereocenters. The highest BCUT2D eigenvalue weighted by Gasteiger charge is 2.13. The molecule has 19 heavy (non-hydrogen) atoms. The summed E-state index contributed by atoms with van der Waals surface area (Å²) < 4.78 is 16.1. The molecule has 0 spiro atoms. The van der Waals surface area contributed by atoms with Crippen LogP contribution in [-0.2, 0) is 6.42 Å². The first kappa shape index (κ1) is 13.4. The van der Waals surface area contributed by atoms with E-state index in [4.69, 9.17) is 19.6 Å². The van der Waals surface area contributed by atoms with Gasteiger partial charge in [0.15, 0.2) is 11.5 Å². The number of benzene rings is 1. The molecule has 2 N–H and O–H groups in total. The Morgan fingerprint density at radius 2 is 1.95 bits per heavy atom. The number of methoxy groups -OCH3 is 2. The molecule has 0 saturated carbocycles. The number of aryl methyl sites for hydroxylation is 1. The Kier molecular flexibility index (Phi) is 4.06. The van der Waals surface area contributed by atoms with Crippen molar-refractivity contribution >= 4 is 0 Å². The van der Waals surface area contributed by atoms with Gasteiger partial charge < -0.3 is 19.6 Å². The minimum Gasteiger partial charge on any atom is -0.493 e. The number of oxazole rings is 1. The van der Waals surface area contributed by atoms with E-state index >= 15 is 0 Å². The predicted molar refractivity (Wildman–Crippen MR) is 72.5 cm³/mol. The van der Waals surface area contributed by atoms with E-state index in [-0.39, 0.29) is 0 Å². The van der Waals surface area contributed by atoms with Crippen LogP contribution in [0, 0.1) is 6.92 Å². The van der Waals surface area contributed by atoms with Crippen LogP contribution in [0.3, 0.4) is 0 Å². The Labute approximate surface area is 112 Å². The van der Waals surface area contributed by atoms with Crippen LogP contribution in [0.2, 0.25) is 0 Å². The van der Waals surface area contributed by atoms with Gasteiger partial charge in [0, 0.05) is 12.0 Å². The minimum absolute atomic E-state index is 0.554. The highest BCUT2D eigenvalue weighted by molar-refractivity contribution is 5.60. The van der Waals surface area contributed by atoms with E-state index in [0.717, 1.165) is 17.0 Å². The minimum atomic E-state index is 0.554. The van der Waals surface area contributed by atoms with Gasteiger partial charge in [-0.25, -0.2) is 4.98 Å². The number of hydrogen-bond donors (Lipinski definition) is 1. The Balaban J connectivity index is 2.38. The summed E-state index contributed by atoms with van der Waals surface area (Å²) in [6.45, 7) is 2.45. The number of nitrogens with zero attached hydrogens (tertiary/aromatic N) is 1. The monoisotopic (exact) mass is 262 g/mol. The fourth-order valence-corrected chi connectivity index (χ4v) is 1.89. The quantitative estimate of drug-likeness (QED) is 0.894. The molecule has 102 valence electrons. The fraction of sp³-hybridized carbons (Fsp3) is 0.357. The second kappa shape index (κ2) is 5.75. The van der Waals surface area contributed by atoms with Gasteiger partial charge in [-0.3, -0.25) is 0 Å². The molecular formula is C14H18N2O3. The standard InChI is InChI=1S/C14H18N2O3/c1-9-11(6-7-15)16-14(19-9)10-4-5-12(17-2)13(8-10)18-3/h4-5,8H,6-7,15H2,1-3H3. The van der Waals surface area contributed by atoms with E-state index < -0.39 is 0 Å². The summed E-state index contributed by atoms with van der Waals surface area (Å²) in [5, 5.41) is 0. The van der Waals surface area contributed by atoms with Gasteiger partial charge in [-0.1, -0.05) is 0 Å². The van der Waals surface area contributed by atoms with E-state index in [2.05, 4.69) is 4.98 Å². The van der Waals surface area contributed by atoms with E-state index in [1.165, 1.54) is 0 Å². The van der Waals surface area contributed by atoms with Crippen LogP contribution in [0.25, 0.3) is 11.5 Å². The van der Waals surface area contributed by atoms with Crippen molar-refractivity contribution in [1.29, 1.82) is 0 Å². The normalized spacial score (nSPS) is 10.5. The predicted octanol–water partition coefficient (Wildman–Crippen LogP) is 2.17. The topological polar surface area (TPSA) is 70.5 Å². The Hall–Kier alpha value is -2.01. The third kappa shape index (κ3) is 2.71. The molecule has 0 bridgehead atoms. The van der Waals surface area contributed by atoms with Gasteiger partial charge in [0.2, 0.25) is 5.89 Å². The summed E-state index contributed by atoms with van der Waals surface area (Å²) in [6.07, 6.45) is 0.711. The van der Waals surface area contributed by atoms with Crippen molar-refractivity contribution < 1.29 is 13.9 Å². The first-order chi connectivity index (χ1) is 9.19. The Morgan fingerprint density at radius 1 is 1.21 bits per heavy atom. The molecule has 0 aliphatic carbocycles. The van der Waals surface area contributed by atoms with Crippen molar-refractivity contribution in [3.05, 3.63) is 29.7 Å². The van der Waals surface area contributed by atoms with Crippen LogP contribution in [0.15, 0.2) is 22.6 Å². The number of ether oxygens (including phenoxy) is 2.